The maximum absolute atomic E-state index is 12.9. The molecule has 0 aliphatic rings. The summed E-state index contributed by atoms with van der Waals surface area (Å²) < 4.78 is 6.65. The van der Waals surface area contributed by atoms with E-state index in [1.165, 1.54) is 4.57 Å². The summed E-state index contributed by atoms with van der Waals surface area (Å²) in [7, 11) is 3.26. The Hall–Kier alpha value is -1.92. The lowest BCUT2D eigenvalue weighted by atomic mass is 9.94. The average Bonchev–Trinajstić information content (AvgIpc) is 2.57. The molecular weight excluding hydrogens is 354 g/mol. The molecule has 1 amide bonds. The Morgan fingerprint density at radius 2 is 2.04 bits per heavy atom. The third kappa shape index (κ3) is 4.07. The van der Waals surface area contributed by atoms with Crippen molar-refractivity contribution in [1.82, 2.24) is 14.5 Å². The summed E-state index contributed by atoms with van der Waals surface area (Å²) in [5.74, 6) is 0.506. The summed E-state index contributed by atoms with van der Waals surface area (Å²) in [4.78, 5) is 32.0. The highest BCUT2D eigenvalue weighted by Crippen LogP contribution is 2.26. The Labute approximate surface area is 158 Å². The zero-order valence-electron chi connectivity index (χ0n) is 16.2. The Morgan fingerprint density at radius 1 is 1.38 bits per heavy atom. The van der Waals surface area contributed by atoms with E-state index in [2.05, 4.69) is 4.98 Å². The van der Waals surface area contributed by atoms with Gasteiger partial charge in [-0.1, -0.05) is 32.4 Å². The number of methoxy groups -OCH3 is 1. The zero-order valence-corrected chi connectivity index (χ0v) is 16.9. The highest BCUT2D eigenvalue weighted by Gasteiger charge is 2.32. The van der Waals surface area contributed by atoms with Gasteiger partial charge in [-0.3, -0.25) is 14.2 Å². The first kappa shape index (κ1) is 20.4. The zero-order chi connectivity index (χ0) is 19.6. The van der Waals surface area contributed by atoms with E-state index in [-0.39, 0.29) is 17.5 Å². The smallest absolute Gasteiger partial charge is 0.261 e. The molecule has 1 aromatic heterocycles. The van der Waals surface area contributed by atoms with Gasteiger partial charge >= 0.3 is 0 Å². The quantitative estimate of drug-likeness (QED) is 0.800. The average molecular weight is 380 g/mol. The number of aromatic nitrogens is 2. The van der Waals surface area contributed by atoms with Crippen molar-refractivity contribution in [3.63, 3.8) is 0 Å². The molecule has 26 heavy (non-hydrogen) atoms. The number of ether oxygens (including phenoxy) is 1. The lowest BCUT2D eigenvalue weighted by Crippen LogP contribution is -2.44. The maximum Gasteiger partial charge on any atom is 0.261 e. The number of carbonyl (C=O) groups is 1. The van der Waals surface area contributed by atoms with Crippen LogP contribution in [0.15, 0.2) is 23.0 Å². The maximum atomic E-state index is 12.9. The van der Waals surface area contributed by atoms with Crippen LogP contribution in [0.2, 0.25) is 5.02 Å². The largest absolute Gasteiger partial charge is 0.383 e. The molecule has 2 aromatic rings. The molecule has 0 radical (unpaired) electrons. The number of hydrogen-bond donors (Lipinski definition) is 0. The van der Waals surface area contributed by atoms with E-state index >= 15 is 0 Å². The van der Waals surface area contributed by atoms with Crippen LogP contribution in [0, 0.1) is 5.41 Å². The van der Waals surface area contributed by atoms with E-state index < -0.39 is 5.41 Å². The molecule has 0 fully saturated rings. The van der Waals surface area contributed by atoms with Crippen molar-refractivity contribution in [2.75, 3.05) is 20.3 Å². The van der Waals surface area contributed by atoms with Crippen molar-refractivity contribution >= 4 is 28.4 Å². The molecule has 0 saturated carbocycles. The lowest BCUT2D eigenvalue weighted by molar-refractivity contribution is -0.142. The van der Waals surface area contributed by atoms with Crippen molar-refractivity contribution in [3.05, 3.63) is 39.4 Å². The minimum Gasteiger partial charge on any atom is -0.383 e. The predicted octanol–water partition coefficient (Wildman–Crippen LogP) is 3.17. The van der Waals surface area contributed by atoms with Gasteiger partial charge in [0.25, 0.3) is 5.56 Å². The summed E-state index contributed by atoms with van der Waals surface area (Å²) in [5.41, 5.74) is -0.172. The highest BCUT2D eigenvalue weighted by molar-refractivity contribution is 6.31. The third-order valence-electron chi connectivity index (χ3n) is 4.35. The van der Waals surface area contributed by atoms with Crippen molar-refractivity contribution in [2.45, 2.75) is 33.7 Å². The summed E-state index contributed by atoms with van der Waals surface area (Å²) in [6.45, 7) is 8.32. The van der Waals surface area contributed by atoms with Gasteiger partial charge in [-0.05, 0) is 25.1 Å². The number of benzene rings is 1. The minimum atomic E-state index is -0.550. The first-order valence-corrected chi connectivity index (χ1v) is 8.92. The molecule has 0 saturated heterocycles. The lowest BCUT2D eigenvalue weighted by Gasteiger charge is -2.34. The first-order valence-electron chi connectivity index (χ1n) is 8.54. The molecule has 0 N–H and O–H groups in total. The van der Waals surface area contributed by atoms with Crippen molar-refractivity contribution < 1.29 is 9.53 Å². The number of nitrogens with zero attached hydrogens (tertiary/aromatic N) is 3. The molecule has 2 rings (SSSR count). The molecule has 1 atom stereocenters. The Balaban J connectivity index is 2.56. The van der Waals surface area contributed by atoms with Gasteiger partial charge in [0.2, 0.25) is 5.91 Å². The van der Waals surface area contributed by atoms with E-state index in [1.54, 1.807) is 37.3 Å². The number of fused-ring (bicyclic) bond motifs is 1. The third-order valence-corrected chi connectivity index (χ3v) is 4.59. The molecule has 0 bridgehead atoms. The van der Waals surface area contributed by atoms with Crippen LogP contribution in [0.25, 0.3) is 10.9 Å². The van der Waals surface area contributed by atoms with Crippen LogP contribution in [-0.4, -0.2) is 40.6 Å². The number of hydrogen-bond acceptors (Lipinski definition) is 4. The predicted molar refractivity (Wildman–Crippen MR) is 103 cm³/mol. The molecular formula is C19H26ClN3O3. The molecule has 1 unspecified atom stereocenters. The van der Waals surface area contributed by atoms with Gasteiger partial charge in [0, 0.05) is 31.1 Å². The van der Waals surface area contributed by atoms with Crippen molar-refractivity contribution in [1.29, 1.82) is 0 Å². The summed E-state index contributed by atoms with van der Waals surface area (Å²) in [5, 5.41) is 0.948. The Morgan fingerprint density at radius 3 is 2.62 bits per heavy atom. The Kier molecular flexibility index (Phi) is 6.09. The van der Waals surface area contributed by atoms with E-state index in [9.17, 15) is 9.59 Å². The van der Waals surface area contributed by atoms with Gasteiger partial charge < -0.3 is 9.64 Å². The molecule has 7 heteroatoms. The fourth-order valence-electron chi connectivity index (χ4n) is 2.86. The van der Waals surface area contributed by atoms with Crippen LogP contribution in [0.4, 0.5) is 0 Å². The standard InChI is InChI=1S/C19H26ClN3O3/c1-12(23(9-10-26-6)18(25)19(2,3)4)16-21-15-8-7-13(20)11-14(15)17(24)22(16)5/h7-8,11-12H,9-10H2,1-6H3. The number of amides is 1. The van der Waals surface area contributed by atoms with Crippen LogP contribution in [0.5, 0.6) is 0 Å². The number of carbonyl (C=O) groups excluding carboxylic acids is 1. The fraction of sp³-hybridized carbons (Fsp3) is 0.526. The van der Waals surface area contributed by atoms with Crippen LogP contribution in [0.3, 0.4) is 0 Å². The molecule has 1 heterocycles. The van der Waals surface area contributed by atoms with E-state index in [4.69, 9.17) is 16.3 Å². The Bertz CT molecular complexity index is 871. The second-order valence-electron chi connectivity index (χ2n) is 7.41. The number of halogens is 1. The fourth-order valence-corrected chi connectivity index (χ4v) is 3.04. The minimum absolute atomic E-state index is 0.0208. The van der Waals surface area contributed by atoms with E-state index in [0.29, 0.717) is 34.9 Å². The van der Waals surface area contributed by atoms with Crippen LogP contribution in [0.1, 0.15) is 39.6 Å². The van der Waals surface area contributed by atoms with Crippen LogP contribution < -0.4 is 5.56 Å². The van der Waals surface area contributed by atoms with Crippen LogP contribution in [-0.2, 0) is 16.6 Å². The van der Waals surface area contributed by atoms with Gasteiger partial charge in [-0.15, -0.1) is 0 Å². The second-order valence-corrected chi connectivity index (χ2v) is 7.85. The van der Waals surface area contributed by atoms with Gasteiger partial charge in [0.1, 0.15) is 5.82 Å². The first-order chi connectivity index (χ1) is 12.1. The normalized spacial score (nSPS) is 13.0. The summed E-state index contributed by atoms with van der Waals surface area (Å²) in [6, 6.07) is 4.66. The van der Waals surface area contributed by atoms with E-state index in [0.717, 1.165) is 0 Å². The summed E-state index contributed by atoms with van der Waals surface area (Å²) >= 11 is 6.00. The van der Waals surface area contributed by atoms with Gasteiger partial charge in [0.15, 0.2) is 0 Å². The molecule has 1 aromatic carbocycles. The molecule has 0 aliphatic carbocycles. The van der Waals surface area contributed by atoms with E-state index in [1.807, 2.05) is 27.7 Å². The van der Waals surface area contributed by atoms with Gasteiger partial charge in [-0.2, -0.15) is 0 Å². The van der Waals surface area contributed by atoms with Crippen molar-refractivity contribution in [2.24, 2.45) is 12.5 Å². The topological polar surface area (TPSA) is 64.4 Å². The number of rotatable bonds is 5. The second kappa shape index (κ2) is 7.76. The van der Waals surface area contributed by atoms with Gasteiger partial charge in [-0.25, -0.2) is 4.98 Å². The van der Waals surface area contributed by atoms with Crippen LogP contribution >= 0.6 is 11.6 Å². The SMILES string of the molecule is COCCN(C(=O)C(C)(C)C)C(C)c1nc2ccc(Cl)cc2c(=O)n1C. The monoisotopic (exact) mass is 379 g/mol. The summed E-state index contributed by atoms with van der Waals surface area (Å²) in [6.07, 6.45) is 0. The molecule has 0 aliphatic heterocycles. The van der Waals surface area contributed by atoms with Crippen molar-refractivity contribution in [3.8, 4) is 0 Å². The van der Waals surface area contributed by atoms with Gasteiger partial charge in [0.05, 0.1) is 23.6 Å². The molecule has 6 nitrogen and oxygen atoms in total. The molecule has 0 spiro atoms. The highest BCUT2D eigenvalue weighted by atomic mass is 35.5. The molecule has 142 valence electrons.